The van der Waals surface area contributed by atoms with E-state index in [-0.39, 0.29) is 6.10 Å². The Kier molecular flexibility index (Phi) is 3.32. The molecule has 0 spiro atoms. The summed E-state index contributed by atoms with van der Waals surface area (Å²) in [6.45, 7) is 2.01. The molecule has 2 heteroatoms. The number of rotatable bonds is 3. The van der Waals surface area contributed by atoms with E-state index in [1.807, 2.05) is 13.0 Å². The molecular formula is C17H17NO. The van der Waals surface area contributed by atoms with E-state index >= 15 is 0 Å². The third-order valence-electron chi connectivity index (χ3n) is 3.46. The molecule has 0 bridgehead atoms. The van der Waals surface area contributed by atoms with Crippen molar-refractivity contribution < 1.29 is 4.84 Å². The Bertz CT molecular complexity index is 589. The van der Waals surface area contributed by atoms with Crippen molar-refractivity contribution in [1.29, 1.82) is 0 Å². The fourth-order valence-corrected chi connectivity index (χ4v) is 2.49. The Hall–Kier alpha value is -2.09. The van der Waals surface area contributed by atoms with Gasteiger partial charge in [-0.3, -0.25) is 0 Å². The molecule has 3 rings (SSSR count). The first-order valence-corrected chi connectivity index (χ1v) is 6.64. The van der Waals surface area contributed by atoms with Crippen molar-refractivity contribution in [1.82, 2.24) is 0 Å². The highest BCUT2D eigenvalue weighted by molar-refractivity contribution is 5.83. The maximum absolute atomic E-state index is 5.52. The largest absolute Gasteiger partial charge is 0.387 e. The first-order valence-electron chi connectivity index (χ1n) is 6.64. The van der Waals surface area contributed by atoms with Gasteiger partial charge in [0.25, 0.3) is 0 Å². The Morgan fingerprint density at radius 2 is 1.79 bits per heavy atom. The van der Waals surface area contributed by atoms with Crippen LogP contribution in [0.5, 0.6) is 0 Å². The molecule has 0 saturated carbocycles. The third kappa shape index (κ3) is 2.68. The molecule has 0 saturated heterocycles. The minimum absolute atomic E-state index is 0.0833. The summed E-state index contributed by atoms with van der Waals surface area (Å²) in [5.74, 6) is 0. The molecule has 19 heavy (non-hydrogen) atoms. The molecule has 1 heterocycles. The Morgan fingerprint density at radius 3 is 2.53 bits per heavy atom. The van der Waals surface area contributed by atoms with Crippen molar-refractivity contribution in [3.63, 3.8) is 0 Å². The summed E-state index contributed by atoms with van der Waals surface area (Å²) < 4.78 is 0. The zero-order valence-corrected chi connectivity index (χ0v) is 11.0. The molecule has 0 unspecified atom stereocenters. The van der Waals surface area contributed by atoms with E-state index in [0.717, 1.165) is 18.6 Å². The second-order valence-electron chi connectivity index (χ2n) is 4.99. The summed E-state index contributed by atoms with van der Waals surface area (Å²) >= 11 is 0. The van der Waals surface area contributed by atoms with E-state index < -0.39 is 0 Å². The highest BCUT2D eigenvalue weighted by Crippen LogP contribution is 2.30. The summed E-state index contributed by atoms with van der Waals surface area (Å²) in [6, 6.07) is 19.0. The number of benzene rings is 2. The lowest BCUT2D eigenvalue weighted by atomic mass is 9.95. The number of nitrogens with zero attached hydrogens (tertiary/aromatic N) is 1. The van der Waals surface area contributed by atoms with Crippen LogP contribution in [0.4, 0.5) is 0 Å². The Labute approximate surface area is 113 Å². The van der Waals surface area contributed by atoms with E-state index in [2.05, 4.69) is 53.7 Å². The van der Waals surface area contributed by atoms with Gasteiger partial charge >= 0.3 is 0 Å². The van der Waals surface area contributed by atoms with Crippen LogP contribution in [0.2, 0.25) is 0 Å². The molecule has 0 aromatic heterocycles. The van der Waals surface area contributed by atoms with Crippen LogP contribution in [0.15, 0.2) is 59.8 Å². The molecule has 2 aromatic rings. The van der Waals surface area contributed by atoms with Crippen molar-refractivity contribution in [2.45, 2.75) is 25.9 Å². The minimum Gasteiger partial charge on any atom is -0.387 e. The Morgan fingerprint density at radius 1 is 1.05 bits per heavy atom. The molecule has 0 amide bonds. The Balaban J connectivity index is 1.86. The van der Waals surface area contributed by atoms with E-state index in [9.17, 15) is 0 Å². The average molecular weight is 251 g/mol. The zero-order valence-electron chi connectivity index (χ0n) is 11.0. The molecule has 0 N–H and O–H groups in total. The van der Waals surface area contributed by atoms with Crippen LogP contribution >= 0.6 is 0 Å². The van der Waals surface area contributed by atoms with Crippen LogP contribution in [0.3, 0.4) is 0 Å². The topological polar surface area (TPSA) is 21.6 Å². The van der Waals surface area contributed by atoms with Gasteiger partial charge in [0.1, 0.15) is 0 Å². The molecule has 0 fully saturated rings. The summed E-state index contributed by atoms with van der Waals surface area (Å²) in [7, 11) is 0. The van der Waals surface area contributed by atoms with E-state index in [4.69, 9.17) is 4.84 Å². The number of hydrogen-bond donors (Lipinski definition) is 0. The van der Waals surface area contributed by atoms with Gasteiger partial charge < -0.3 is 4.84 Å². The van der Waals surface area contributed by atoms with Crippen LogP contribution in [0.25, 0.3) is 0 Å². The summed E-state index contributed by atoms with van der Waals surface area (Å²) in [5.41, 5.74) is 4.97. The van der Waals surface area contributed by atoms with E-state index in [0.29, 0.717) is 0 Å². The minimum atomic E-state index is 0.0833. The maximum atomic E-state index is 5.52. The molecule has 1 atom stereocenters. The van der Waals surface area contributed by atoms with Gasteiger partial charge in [0.15, 0.2) is 6.10 Å². The van der Waals surface area contributed by atoms with E-state index in [1.165, 1.54) is 16.7 Å². The number of oxime groups is 1. The lowest BCUT2D eigenvalue weighted by Gasteiger charge is -2.14. The second kappa shape index (κ2) is 5.27. The van der Waals surface area contributed by atoms with Crippen molar-refractivity contribution >= 4 is 5.71 Å². The van der Waals surface area contributed by atoms with Gasteiger partial charge in [-0.05, 0) is 30.0 Å². The van der Waals surface area contributed by atoms with Gasteiger partial charge in [-0.25, -0.2) is 0 Å². The van der Waals surface area contributed by atoms with Gasteiger partial charge in [0.05, 0.1) is 5.71 Å². The van der Waals surface area contributed by atoms with Gasteiger partial charge in [0.2, 0.25) is 0 Å². The zero-order chi connectivity index (χ0) is 13.1. The molecule has 0 radical (unpaired) electrons. The monoisotopic (exact) mass is 251 g/mol. The van der Waals surface area contributed by atoms with Crippen molar-refractivity contribution in [2.75, 3.05) is 0 Å². The van der Waals surface area contributed by atoms with Crippen LogP contribution in [-0.2, 0) is 11.3 Å². The smallest absolute Gasteiger partial charge is 0.158 e. The fourth-order valence-electron chi connectivity index (χ4n) is 2.49. The first-order chi connectivity index (χ1) is 9.33. The van der Waals surface area contributed by atoms with Gasteiger partial charge in [-0.15, -0.1) is 0 Å². The highest BCUT2D eigenvalue weighted by Gasteiger charge is 2.22. The predicted octanol–water partition coefficient (Wildman–Crippen LogP) is 4.11. The molecule has 1 aliphatic rings. The first kappa shape index (κ1) is 12.0. The predicted molar refractivity (Wildman–Crippen MR) is 77.2 cm³/mol. The van der Waals surface area contributed by atoms with Crippen molar-refractivity contribution in [2.24, 2.45) is 5.16 Å². The molecule has 2 nitrogen and oxygen atoms in total. The van der Waals surface area contributed by atoms with Gasteiger partial charge in [0, 0.05) is 6.42 Å². The molecular weight excluding hydrogens is 234 g/mol. The SMILES string of the molecule is CC1=NO[C@@H](c2ccccc2Cc2ccccc2)C1. The standard InChI is InChI=1S/C17H17NO/c1-13-11-17(19-18-13)16-10-6-5-9-15(16)12-14-7-3-2-4-8-14/h2-10,17H,11-12H2,1H3/t17-/m1/s1. The third-order valence-corrected chi connectivity index (χ3v) is 3.46. The molecule has 2 aromatic carbocycles. The maximum Gasteiger partial charge on any atom is 0.158 e. The highest BCUT2D eigenvalue weighted by atomic mass is 16.6. The second-order valence-corrected chi connectivity index (χ2v) is 4.99. The normalized spacial score (nSPS) is 17.9. The lowest BCUT2D eigenvalue weighted by Crippen LogP contribution is -2.03. The van der Waals surface area contributed by atoms with Crippen LogP contribution in [0.1, 0.15) is 36.1 Å². The summed E-state index contributed by atoms with van der Waals surface area (Å²) in [6.07, 6.45) is 1.92. The lowest BCUT2D eigenvalue weighted by molar-refractivity contribution is 0.0851. The summed E-state index contributed by atoms with van der Waals surface area (Å²) in [5, 5.41) is 4.06. The van der Waals surface area contributed by atoms with Gasteiger partial charge in [-0.1, -0.05) is 59.8 Å². The summed E-state index contributed by atoms with van der Waals surface area (Å²) in [4.78, 5) is 5.52. The fraction of sp³-hybridized carbons (Fsp3) is 0.235. The van der Waals surface area contributed by atoms with Crippen LogP contribution in [-0.4, -0.2) is 5.71 Å². The van der Waals surface area contributed by atoms with Crippen molar-refractivity contribution in [3.05, 3.63) is 71.3 Å². The van der Waals surface area contributed by atoms with E-state index in [1.54, 1.807) is 0 Å². The van der Waals surface area contributed by atoms with Crippen molar-refractivity contribution in [3.8, 4) is 0 Å². The molecule has 0 aliphatic carbocycles. The van der Waals surface area contributed by atoms with Crippen LogP contribution < -0.4 is 0 Å². The van der Waals surface area contributed by atoms with Gasteiger partial charge in [-0.2, -0.15) is 0 Å². The molecule has 96 valence electrons. The number of hydrogen-bond acceptors (Lipinski definition) is 2. The quantitative estimate of drug-likeness (QED) is 0.804. The molecule has 1 aliphatic heterocycles. The van der Waals surface area contributed by atoms with Crippen LogP contribution in [0, 0.1) is 0 Å². The average Bonchev–Trinajstić information content (AvgIpc) is 2.87.